The molecule has 1 atom stereocenters. The Balaban J connectivity index is 2.46. The fraction of sp³-hybridized carbons (Fsp3) is 0.429. The molecule has 19 heavy (non-hydrogen) atoms. The molecule has 0 aliphatic carbocycles. The summed E-state index contributed by atoms with van der Waals surface area (Å²) in [5.41, 5.74) is 1.11. The summed E-state index contributed by atoms with van der Waals surface area (Å²) in [6.07, 6.45) is 0.622. The highest BCUT2D eigenvalue weighted by atomic mass is 16.4. The second-order valence-corrected chi connectivity index (χ2v) is 4.75. The number of benzene rings is 1. The van der Waals surface area contributed by atoms with E-state index in [9.17, 15) is 14.7 Å². The van der Waals surface area contributed by atoms with Crippen molar-refractivity contribution in [2.75, 3.05) is 6.54 Å². The molecule has 0 spiro atoms. The Morgan fingerprint density at radius 3 is 2.63 bits per heavy atom. The highest BCUT2D eigenvalue weighted by molar-refractivity contribution is 5.94. The van der Waals surface area contributed by atoms with Crippen molar-refractivity contribution in [3.05, 3.63) is 29.3 Å². The molecule has 1 aromatic carbocycles. The Hall–Kier alpha value is -2.04. The van der Waals surface area contributed by atoms with E-state index in [1.54, 1.807) is 19.1 Å². The third-order valence-electron chi connectivity index (χ3n) is 2.93. The van der Waals surface area contributed by atoms with Gasteiger partial charge >= 0.3 is 5.97 Å². The van der Waals surface area contributed by atoms with E-state index in [1.807, 2.05) is 6.92 Å². The van der Waals surface area contributed by atoms with Gasteiger partial charge in [0.1, 0.15) is 5.75 Å². The predicted octanol–water partition coefficient (Wildman–Crippen LogP) is 1.93. The molecule has 0 fully saturated rings. The van der Waals surface area contributed by atoms with Gasteiger partial charge in [-0.05, 0) is 37.0 Å². The summed E-state index contributed by atoms with van der Waals surface area (Å²) >= 11 is 0. The van der Waals surface area contributed by atoms with Crippen LogP contribution in [0.15, 0.2) is 18.2 Å². The van der Waals surface area contributed by atoms with Gasteiger partial charge in [-0.2, -0.15) is 0 Å². The van der Waals surface area contributed by atoms with Crippen LogP contribution in [0, 0.1) is 12.8 Å². The first-order chi connectivity index (χ1) is 8.90. The quantitative estimate of drug-likeness (QED) is 0.733. The fourth-order valence-electron chi connectivity index (χ4n) is 1.59. The van der Waals surface area contributed by atoms with Gasteiger partial charge < -0.3 is 15.5 Å². The minimum Gasteiger partial charge on any atom is -0.508 e. The maximum atomic E-state index is 11.8. The first-order valence-electron chi connectivity index (χ1n) is 6.19. The summed E-state index contributed by atoms with van der Waals surface area (Å²) in [5.74, 6) is -0.912. The minimum absolute atomic E-state index is 0.0894. The Morgan fingerprint density at radius 2 is 2.05 bits per heavy atom. The third-order valence-corrected chi connectivity index (χ3v) is 2.93. The molecule has 0 radical (unpaired) electrons. The maximum Gasteiger partial charge on any atom is 0.303 e. The monoisotopic (exact) mass is 265 g/mol. The lowest BCUT2D eigenvalue weighted by molar-refractivity contribution is -0.137. The molecule has 3 N–H and O–H groups in total. The van der Waals surface area contributed by atoms with Crippen molar-refractivity contribution < 1.29 is 19.8 Å². The number of aromatic hydroxyl groups is 1. The van der Waals surface area contributed by atoms with E-state index in [4.69, 9.17) is 5.11 Å². The largest absolute Gasteiger partial charge is 0.508 e. The maximum absolute atomic E-state index is 11.8. The number of phenolic OH excluding ortho intramolecular Hbond substituents is 1. The molecule has 0 aromatic heterocycles. The van der Waals surface area contributed by atoms with Crippen molar-refractivity contribution >= 4 is 11.9 Å². The number of carbonyl (C=O) groups excluding carboxylic acids is 1. The molecule has 1 rings (SSSR count). The molecule has 5 heteroatoms. The van der Waals surface area contributed by atoms with Gasteiger partial charge in [0.15, 0.2) is 0 Å². The van der Waals surface area contributed by atoms with Gasteiger partial charge in [0, 0.05) is 18.5 Å². The average molecular weight is 265 g/mol. The van der Waals surface area contributed by atoms with E-state index in [0.29, 0.717) is 24.1 Å². The molecule has 0 bridgehead atoms. The normalized spacial score (nSPS) is 11.9. The fourth-order valence-corrected chi connectivity index (χ4v) is 1.59. The summed E-state index contributed by atoms with van der Waals surface area (Å²) in [4.78, 5) is 22.2. The number of aryl methyl sites for hydroxylation is 1. The predicted molar refractivity (Wildman–Crippen MR) is 71.2 cm³/mol. The number of nitrogens with one attached hydrogen (secondary N) is 1. The zero-order valence-corrected chi connectivity index (χ0v) is 11.1. The van der Waals surface area contributed by atoms with Crippen LogP contribution in [0.3, 0.4) is 0 Å². The second kappa shape index (κ2) is 6.78. The molecule has 0 heterocycles. The molecule has 0 aliphatic heterocycles. The first kappa shape index (κ1) is 15.0. The summed E-state index contributed by atoms with van der Waals surface area (Å²) in [6.45, 7) is 4.06. The van der Waals surface area contributed by atoms with Crippen LogP contribution in [0.2, 0.25) is 0 Å². The lowest BCUT2D eigenvalue weighted by Crippen LogP contribution is -2.28. The van der Waals surface area contributed by atoms with Crippen molar-refractivity contribution in [3.63, 3.8) is 0 Å². The third kappa shape index (κ3) is 4.99. The summed E-state index contributed by atoms with van der Waals surface area (Å²) in [6, 6.07) is 4.75. The van der Waals surface area contributed by atoms with Crippen LogP contribution in [0.5, 0.6) is 5.75 Å². The van der Waals surface area contributed by atoms with E-state index in [0.717, 1.165) is 0 Å². The number of carboxylic acids is 1. The Bertz CT molecular complexity index is 471. The lowest BCUT2D eigenvalue weighted by atomic mass is 10.1. The van der Waals surface area contributed by atoms with Crippen LogP contribution in [0.1, 0.15) is 35.7 Å². The Labute approximate surface area is 112 Å². The Morgan fingerprint density at radius 1 is 1.37 bits per heavy atom. The van der Waals surface area contributed by atoms with Crippen LogP contribution >= 0.6 is 0 Å². The van der Waals surface area contributed by atoms with E-state index < -0.39 is 5.97 Å². The van der Waals surface area contributed by atoms with E-state index in [1.165, 1.54) is 6.07 Å². The van der Waals surface area contributed by atoms with Crippen molar-refractivity contribution in [1.29, 1.82) is 0 Å². The number of amides is 1. The van der Waals surface area contributed by atoms with Gasteiger partial charge in [0.05, 0.1) is 0 Å². The standard InChI is InChI=1S/C14H19NO4/c1-9(3-6-13(17)18)8-15-14(19)11-5-4-10(2)12(16)7-11/h4-5,7,9,16H,3,6,8H2,1-2H3,(H,15,19)(H,17,18). The molecule has 1 amide bonds. The van der Waals surface area contributed by atoms with Crippen molar-refractivity contribution in [2.24, 2.45) is 5.92 Å². The summed E-state index contributed by atoms with van der Waals surface area (Å²) in [5, 5.41) is 20.8. The molecule has 5 nitrogen and oxygen atoms in total. The molecule has 0 saturated carbocycles. The number of hydrogen-bond donors (Lipinski definition) is 3. The number of carbonyl (C=O) groups is 2. The van der Waals surface area contributed by atoms with Crippen LogP contribution in [0.4, 0.5) is 0 Å². The SMILES string of the molecule is Cc1ccc(C(=O)NCC(C)CCC(=O)O)cc1O. The van der Waals surface area contributed by atoms with Gasteiger partial charge in [0.25, 0.3) is 5.91 Å². The average Bonchev–Trinajstić information content (AvgIpc) is 2.36. The number of carboxylic acid groups (broad SMARTS) is 1. The van der Waals surface area contributed by atoms with Gasteiger partial charge in [-0.3, -0.25) is 9.59 Å². The summed E-state index contributed by atoms with van der Waals surface area (Å²) in [7, 11) is 0. The van der Waals surface area contributed by atoms with Crippen LogP contribution in [-0.2, 0) is 4.79 Å². The van der Waals surface area contributed by atoms with Gasteiger partial charge in [-0.15, -0.1) is 0 Å². The number of aliphatic carboxylic acids is 1. The number of rotatable bonds is 6. The van der Waals surface area contributed by atoms with Crippen molar-refractivity contribution in [2.45, 2.75) is 26.7 Å². The molecule has 1 aromatic rings. The van der Waals surface area contributed by atoms with E-state index in [2.05, 4.69) is 5.32 Å². The lowest BCUT2D eigenvalue weighted by Gasteiger charge is -2.11. The highest BCUT2D eigenvalue weighted by Crippen LogP contribution is 2.17. The van der Waals surface area contributed by atoms with Crippen LogP contribution < -0.4 is 5.32 Å². The van der Waals surface area contributed by atoms with Crippen molar-refractivity contribution in [1.82, 2.24) is 5.32 Å². The summed E-state index contributed by atoms with van der Waals surface area (Å²) < 4.78 is 0. The van der Waals surface area contributed by atoms with E-state index in [-0.39, 0.29) is 24.0 Å². The second-order valence-electron chi connectivity index (χ2n) is 4.75. The number of hydrogen-bond acceptors (Lipinski definition) is 3. The molecular weight excluding hydrogens is 246 g/mol. The zero-order valence-electron chi connectivity index (χ0n) is 11.1. The number of phenols is 1. The first-order valence-corrected chi connectivity index (χ1v) is 6.19. The highest BCUT2D eigenvalue weighted by Gasteiger charge is 2.10. The molecule has 104 valence electrons. The molecule has 1 unspecified atom stereocenters. The van der Waals surface area contributed by atoms with Crippen molar-refractivity contribution in [3.8, 4) is 5.75 Å². The van der Waals surface area contributed by atoms with Crippen LogP contribution in [0.25, 0.3) is 0 Å². The zero-order chi connectivity index (χ0) is 14.4. The molecular formula is C14H19NO4. The molecule has 0 saturated heterocycles. The van der Waals surface area contributed by atoms with Gasteiger partial charge in [-0.25, -0.2) is 0 Å². The minimum atomic E-state index is -0.832. The smallest absolute Gasteiger partial charge is 0.303 e. The van der Waals surface area contributed by atoms with Gasteiger partial charge in [0.2, 0.25) is 0 Å². The van der Waals surface area contributed by atoms with Gasteiger partial charge in [-0.1, -0.05) is 13.0 Å². The van der Waals surface area contributed by atoms with E-state index >= 15 is 0 Å². The Kier molecular flexibility index (Phi) is 5.36. The topological polar surface area (TPSA) is 86.6 Å². The van der Waals surface area contributed by atoms with Crippen LogP contribution in [-0.4, -0.2) is 28.6 Å². The molecule has 0 aliphatic rings.